The average Bonchev–Trinajstić information content (AvgIpc) is 3.24. The number of anilines is 3. The molecule has 8 nitrogen and oxygen atoms in total. The molecule has 5 aromatic rings. The quantitative estimate of drug-likeness (QED) is 0.259. The lowest BCUT2D eigenvalue weighted by Crippen LogP contribution is -2.14. The Labute approximate surface area is 220 Å². The fourth-order valence-electron chi connectivity index (χ4n) is 4.43. The highest BCUT2D eigenvalue weighted by atomic mass is 16.5. The Hall–Kier alpha value is -5.11. The highest BCUT2D eigenvalue weighted by molar-refractivity contribution is 6.09. The maximum Gasteiger partial charge on any atom is 0.255 e. The first-order chi connectivity index (χ1) is 18.3. The Kier molecular flexibility index (Phi) is 6.53. The number of ether oxygens (including phenoxy) is 1. The number of nitrogens with one attached hydrogen (secondary N) is 2. The van der Waals surface area contributed by atoms with Crippen molar-refractivity contribution in [2.75, 3.05) is 23.5 Å². The minimum absolute atomic E-state index is 0.278. The number of amides is 2. The Morgan fingerprint density at radius 3 is 2.37 bits per heavy atom. The summed E-state index contributed by atoms with van der Waals surface area (Å²) in [5.74, 6) is -0.0892. The molecule has 0 saturated carbocycles. The van der Waals surface area contributed by atoms with E-state index in [-0.39, 0.29) is 11.8 Å². The number of carbonyl (C=O) groups is 2. The normalized spacial score (nSPS) is 10.8. The summed E-state index contributed by atoms with van der Waals surface area (Å²) in [5, 5.41) is 11.3. The fraction of sp³-hybridized carbons (Fsp3) is 0.100. The number of hydrogen-bond acceptors (Lipinski definition) is 5. The van der Waals surface area contributed by atoms with Gasteiger partial charge in [0.15, 0.2) is 0 Å². The third-order valence-corrected chi connectivity index (χ3v) is 6.36. The van der Waals surface area contributed by atoms with Crippen LogP contribution in [0.1, 0.15) is 26.3 Å². The lowest BCUT2D eigenvalue weighted by molar-refractivity contribution is 0.101. The Morgan fingerprint density at radius 2 is 1.63 bits per heavy atom. The van der Waals surface area contributed by atoms with E-state index in [0.29, 0.717) is 33.9 Å². The van der Waals surface area contributed by atoms with Gasteiger partial charge in [0.2, 0.25) is 0 Å². The highest BCUT2D eigenvalue weighted by Gasteiger charge is 2.17. The van der Waals surface area contributed by atoms with Crippen LogP contribution in [0, 0.1) is 6.92 Å². The van der Waals surface area contributed by atoms with E-state index in [1.54, 1.807) is 53.2 Å². The molecule has 5 rings (SSSR count). The van der Waals surface area contributed by atoms with Gasteiger partial charge in [-0.25, -0.2) is 0 Å². The number of benzene rings is 4. The molecule has 0 fully saturated rings. The molecule has 0 spiro atoms. The Morgan fingerprint density at radius 1 is 0.868 bits per heavy atom. The summed E-state index contributed by atoms with van der Waals surface area (Å²) in [5.41, 5.74) is 12.2. The highest BCUT2D eigenvalue weighted by Crippen LogP contribution is 2.32. The molecule has 2 amide bonds. The van der Waals surface area contributed by atoms with Crippen molar-refractivity contribution in [1.82, 2.24) is 9.78 Å². The molecule has 0 unspecified atom stereocenters. The maximum absolute atomic E-state index is 13.3. The average molecular weight is 506 g/mol. The van der Waals surface area contributed by atoms with E-state index in [9.17, 15) is 9.59 Å². The van der Waals surface area contributed by atoms with Gasteiger partial charge in [0.05, 0.1) is 18.3 Å². The molecule has 0 aliphatic carbocycles. The Balaban J connectivity index is 1.43. The molecule has 4 N–H and O–H groups in total. The van der Waals surface area contributed by atoms with Crippen molar-refractivity contribution in [3.05, 3.63) is 102 Å². The monoisotopic (exact) mass is 505 g/mol. The van der Waals surface area contributed by atoms with E-state index in [1.807, 2.05) is 50.4 Å². The van der Waals surface area contributed by atoms with Gasteiger partial charge in [-0.05, 0) is 73.2 Å². The molecule has 0 saturated heterocycles. The zero-order chi connectivity index (χ0) is 26.8. The molecule has 8 heteroatoms. The maximum atomic E-state index is 13.3. The molecule has 0 aliphatic rings. The van der Waals surface area contributed by atoms with Crippen molar-refractivity contribution >= 4 is 39.8 Å². The second-order valence-electron chi connectivity index (χ2n) is 8.97. The predicted molar refractivity (Wildman–Crippen MR) is 151 cm³/mol. The number of rotatable bonds is 6. The minimum Gasteiger partial charge on any atom is -0.495 e. The lowest BCUT2D eigenvalue weighted by Gasteiger charge is -2.13. The van der Waals surface area contributed by atoms with Crippen LogP contribution in [-0.2, 0) is 7.05 Å². The van der Waals surface area contributed by atoms with Crippen LogP contribution in [-0.4, -0.2) is 28.7 Å². The third kappa shape index (κ3) is 4.79. The van der Waals surface area contributed by atoms with Gasteiger partial charge in [-0.2, -0.15) is 5.10 Å². The van der Waals surface area contributed by atoms with E-state index in [4.69, 9.17) is 15.6 Å². The van der Waals surface area contributed by atoms with Crippen LogP contribution in [0.5, 0.6) is 5.75 Å². The van der Waals surface area contributed by atoms with Gasteiger partial charge >= 0.3 is 0 Å². The second kappa shape index (κ2) is 10.1. The van der Waals surface area contributed by atoms with E-state index in [0.717, 1.165) is 27.7 Å². The SMILES string of the molecule is COc1ccc(NC(=O)c2ccc3c(c2)c(-c2ccc(N)cc2C)nn3C)cc1NC(=O)c1ccccc1. The molecule has 0 bridgehead atoms. The van der Waals surface area contributed by atoms with Gasteiger partial charge in [-0.15, -0.1) is 0 Å². The molecule has 190 valence electrons. The summed E-state index contributed by atoms with van der Waals surface area (Å²) < 4.78 is 7.20. The zero-order valence-electron chi connectivity index (χ0n) is 21.3. The molecule has 38 heavy (non-hydrogen) atoms. The first-order valence-corrected chi connectivity index (χ1v) is 12.0. The number of nitrogen functional groups attached to an aromatic ring is 1. The van der Waals surface area contributed by atoms with Crippen molar-refractivity contribution < 1.29 is 14.3 Å². The molecule has 0 aliphatic heterocycles. The number of carbonyl (C=O) groups excluding carboxylic acids is 2. The molecule has 1 heterocycles. The zero-order valence-corrected chi connectivity index (χ0v) is 21.3. The molecule has 1 aromatic heterocycles. The molecular weight excluding hydrogens is 478 g/mol. The summed E-state index contributed by atoms with van der Waals surface area (Å²) >= 11 is 0. The van der Waals surface area contributed by atoms with Crippen molar-refractivity contribution in [1.29, 1.82) is 0 Å². The number of aromatic nitrogens is 2. The third-order valence-electron chi connectivity index (χ3n) is 6.36. The summed E-state index contributed by atoms with van der Waals surface area (Å²) in [7, 11) is 3.40. The van der Waals surface area contributed by atoms with Crippen LogP contribution >= 0.6 is 0 Å². The number of fused-ring (bicyclic) bond motifs is 1. The predicted octanol–water partition coefficient (Wildman–Crippen LogP) is 5.64. The van der Waals surface area contributed by atoms with E-state index in [2.05, 4.69) is 10.6 Å². The number of hydrogen-bond donors (Lipinski definition) is 3. The van der Waals surface area contributed by atoms with Crippen molar-refractivity contribution in [3.63, 3.8) is 0 Å². The van der Waals surface area contributed by atoms with E-state index in [1.165, 1.54) is 7.11 Å². The molecule has 0 atom stereocenters. The first kappa shape index (κ1) is 24.6. The summed E-state index contributed by atoms with van der Waals surface area (Å²) in [6.07, 6.45) is 0. The van der Waals surface area contributed by atoms with Crippen molar-refractivity contribution in [3.8, 4) is 17.0 Å². The number of aryl methyl sites for hydroxylation is 2. The topological polar surface area (TPSA) is 111 Å². The number of nitrogens with two attached hydrogens (primary N) is 1. The number of methoxy groups -OCH3 is 1. The van der Waals surface area contributed by atoms with Gasteiger partial charge < -0.3 is 21.1 Å². The summed E-state index contributed by atoms with van der Waals surface area (Å²) in [4.78, 5) is 25.9. The van der Waals surface area contributed by atoms with Crippen LogP contribution in [0.3, 0.4) is 0 Å². The standard InChI is InChI=1S/C30H27N5O3/c1-18-15-21(31)10-12-23(18)28-24-16-20(9-13-26(24)35(2)34-28)30(37)32-22-11-14-27(38-3)25(17-22)33-29(36)19-7-5-4-6-8-19/h4-17H,31H2,1-3H3,(H,32,37)(H,33,36). The molecule has 0 radical (unpaired) electrons. The molecular formula is C30H27N5O3. The van der Waals surface area contributed by atoms with Gasteiger partial charge in [0.25, 0.3) is 11.8 Å². The van der Waals surface area contributed by atoms with Crippen molar-refractivity contribution in [2.24, 2.45) is 7.05 Å². The largest absolute Gasteiger partial charge is 0.495 e. The van der Waals surface area contributed by atoms with Gasteiger partial charge in [0.1, 0.15) is 11.4 Å². The van der Waals surface area contributed by atoms with Gasteiger partial charge in [0, 0.05) is 40.5 Å². The smallest absolute Gasteiger partial charge is 0.255 e. The van der Waals surface area contributed by atoms with Gasteiger partial charge in [-0.3, -0.25) is 14.3 Å². The van der Waals surface area contributed by atoms with E-state index < -0.39 is 0 Å². The minimum atomic E-state index is -0.291. The van der Waals surface area contributed by atoms with Gasteiger partial charge in [-0.1, -0.05) is 24.3 Å². The van der Waals surface area contributed by atoms with Crippen LogP contribution in [0.15, 0.2) is 84.9 Å². The fourth-order valence-corrected chi connectivity index (χ4v) is 4.43. The second-order valence-corrected chi connectivity index (χ2v) is 8.97. The van der Waals surface area contributed by atoms with Crippen LogP contribution < -0.4 is 21.1 Å². The lowest BCUT2D eigenvalue weighted by atomic mass is 10.0. The van der Waals surface area contributed by atoms with Crippen molar-refractivity contribution in [2.45, 2.75) is 6.92 Å². The summed E-state index contributed by atoms with van der Waals surface area (Å²) in [6.45, 7) is 1.99. The first-order valence-electron chi connectivity index (χ1n) is 12.0. The van der Waals surface area contributed by atoms with Crippen LogP contribution in [0.2, 0.25) is 0 Å². The van der Waals surface area contributed by atoms with Crippen LogP contribution in [0.4, 0.5) is 17.1 Å². The van der Waals surface area contributed by atoms with E-state index >= 15 is 0 Å². The number of nitrogens with zero attached hydrogens (tertiary/aromatic N) is 2. The molecule has 4 aromatic carbocycles. The summed E-state index contributed by atoms with van der Waals surface area (Å²) in [6, 6.07) is 25.2. The van der Waals surface area contributed by atoms with Crippen LogP contribution in [0.25, 0.3) is 22.2 Å². The Bertz CT molecular complexity index is 1670.